The molecule has 9 heteroatoms. The van der Waals surface area contributed by atoms with Crippen LogP contribution >= 0.6 is 0 Å². The number of amides is 1. The maximum atomic E-state index is 13.1. The number of carbonyl (C=O) groups is 1. The number of rotatable bonds is 9. The van der Waals surface area contributed by atoms with Gasteiger partial charge in [-0.3, -0.25) is 4.79 Å². The summed E-state index contributed by atoms with van der Waals surface area (Å²) in [6, 6.07) is 16.2. The van der Waals surface area contributed by atoms with Crippen molar-refractivity contribution in [3.63, 3.8) is 0 Å². The van der Waals surface area contributed by atoms with Crippen LogP contribution in [0.15, 0.2) is 83.8 Å². The molecule has 0 aromatic heterocycles. The predicted molar refractivity (Wildman–Crippen MR) is 135 cm³/mol. The van der Waals surface area contributed by atoms with Crippen LogP contribution in [-0.2, 0) is 21.3 Å². The highest BCUT2D eigenvalue weighted by Crippen LogP contribution is 2.36. The number of allylic oxidation sites excluding steroid dienone is 1. The van der Waals surface area contributed by atoms with Crippen molar-refractivity contribution in [2.24, 2.45) is 0 Å². The lowest BCUT2D eigenvalue weighted by molar-refractivity contribution is -0.112. The van der Waals surface area contributed by atoms with Crippen molar-refractivity contribution in [2.45, 2.75) is 18.2 Å². The average Bonchev–Trinajstić information content (AvgIpc) is 2.85. The molecule has 0 bridgehead atoms. The number of aryl methyl sites for hydroxylation is 1. The molecule has 1 N–H and O–H groups in total. The number of ether oxygens (including phenoxy) is 1. The van der Waals surface area contributed by atoms with Crippen LogP contribution in [0, 0.1) is 24.1 Å². The molecule has 3 rings (SSSR count). The van der Waals surface area contributed by atoms with Crippen LogP contribution in [0.4, 0.5) is 10.1 Å². The van der Waals surface area contributed by atoms with Crippen LogP contribution in [0.25, 0.3) is 6.08 Å². The number of nitrogens with zero attached hydrogens (tertiary/aromatic N) is 1. The summed E-state index contributed by atoms with van der Waals surface area (Å²) in [7, 11) is -2.82. The van der Waals surface area contributed by atoms with E-state index in [1.165, 1.54) is 55.7 Å². The van der Waals surface area contributed by atoms with E-state index in [-0.39, 0.29) is 28.4 Å². The summed E-state index contributed by atoms with van der Waals surface area (Å²) in [5, 5.41) is 12.1. The van der Waals surface area contributed by atoms with Gasteiger partial charge in [-0.2, -0.15) is 13.7 Å². The van der Waals surface area contributed by atoms with Gasteiger partial charge in [-0.15, -0.1) is 6.58 Å². The number of hydrogen-bond donors (Lipinski definition) is 1. The number of nitrogens with one attached hydrogen (secondary N) is 1. The van der Waals surface area contributed by atoms with Crippen molar-refractivity contribution in [3.8, 4) is 17.6 Å². The molecule has 36 heavy (non-hydrogen) atoms. The third-order valence-corrected chi connectivity index (χ3v) is 6.25. The van der Waals surface area contributed by atoms with E-state index in [0.717, 1.165) is 5.56 Å². The first-order valence-corrected chi connectivity index (χ1v) is 12.1. The van der Waals surface area contributed by atoms with E-state index in [0.29, 0.717) is 16.8 Å². The first-order valence-electron chi connectivity index (χ1n) is 10.7. The van der Waals surface area contributed by atoms with Crippen molar-refractivity contribution in [2.75, 3.05) is 12.4 Å². The summed E-state index contributed by atoms with van der Waals surface area (Å²) in [4.78, 5) is 12.6. The van der Waals surface area contributed by atoms with Crippen molar-refractivity contribution in [3.05, 3.63) is 101 Å². The number of hydrogen-bond acceptors (Lipinski definition) is 6. The number of methoxy groups -OCH3 is 1. The molecule has 0 atom stereocenters. The van der Waals surface area contributed by atoms with Gasteiger partial charge in [-0.1, -0.05) is 23.8 Å². The Morgan fingerprint density at radius 1 is 1.14 bits per heavy atom. The maximum absolute atomic E-state index is 13.1. The standard InChI is InChI=1S/C27H23FN2O5S/c1-4-5-20-14-19(15-21(17-29)27(31)30-23-10-8-22(28)9-11-23)16-25(34-3)26(20)35-36(32,33)24-12-6-18(2)7-13-24/h4,6-16H,1,5H2,2-3H3,(H,30,31)/b21-15+. The van der Waals surface area contributed by atoms with E-state index in [1.807, 2.05) is 13.0 Å². The van der Waals surface area contributed by atoms with E-state index in [2.05, 4.69) is 11.9 Å². The molecule has 7 nitrogen and oxygen atoms in total. The van der Waals surface area contributed by atoms with Crippen molar-refractivity contribution in [1.29, 1.82) is 5.26 Å². The number of nitriles is 1. The Balaban J connectivity index is 1.98. The van der Waals surface area contributed by atoms with Gasteiger partial charge in [0.1, 0.15) is 22.4 Å². The van der Waals surface area contributed by atoms with E-state index in [9.17, 15) is 22.9 Å². The zero-order valence-corrected chi connectivity index (χ0v) is 20.4. The minimum atomic E-state index is -4.17. The number of carbonyl (C=O) groups excluding carboxylic acids is 1. The fourth-order valence-electron chi connectivity index (χ4n) is 3.23. The molecule has 0 saturated heterocycles. The highest BCUT2D eigenvalue weighted by Gasteiger charge is 2.22. The molecular formula is C27H23FN2O5S. The quantitative estimate of drug-likeness (QED) is 0.185. The van der Waals surface area contributed by atoms with E-state index in [4.69, 9.17) is 8.92 Å². The second-order valence-electron chi connectivity index (χ2n) is 7.69. The molecule has 0 aliphatic rings. The van der Waals surface area contributed by atoms with Gasteiger partial charge in [0, 0.05) is 11.3 Å². The molecule has 0 fully saturated rings. The molecule has 1 amide bonds. The Morgan fingerprint density at radius 2 is 1.81 bits per heavy atom. The maximum Gasteiger partial charge on any atom is 0.339 e. The van der Waals surface area contributed by atoms with Gasteiger partial charge in [0.15, 0.2) is 11.5 Å². The van der Waals surface area contributed by atoms with Gasteiger partial charge in [-0.25, -0.2) is 4.39 Å². The molecule has 0 aliphatic heterocycles. The summed E-state index contributed by atoms with van der Waals surface area (Å²) in [5.74, 6) is -1.09. The highest BCUT2D eigenvalue weighted by molar-refractivity contribution is 7.87. The zero-order chi connectivity index (χ0) is 26.3. The molecule has 0 aliphatic carbocycles. The van der Waals surface area contributed by atoms with Crippen molar-refractivity contribution >= 4 is 27.8 Å². The SMILES string of the molecule is C=CCc1cc(/C=C(\C#N)C(=O)Nc2ccc(F)cc2)cc(OC)c1OS(=O)(=O)c1ccc(C)cc1. The van der Waals surface area contributed by atoms with Gasteiger partial charge in [0.25, 0.3) is 5.91 Å². The second kappa shape index (κ2) is 11.3. The smallest absolute Gasteiger partial charge is 0.339 e. The molecule has 0 saturated carbocycles. The minimum Gasteiger partial charge on any atom is -0.493 e. The topological polar surface area (TPSA) is 105 Å². The Kier molecular flexibility index (Phi) is 8.25. The molecule has 0 radical (unpaired) electrons. The molecule has 3 aromatic carbocycles. The van der Waals surface area contributed by atoms with Crippen LogP contribution in [0.5, 0.6) is 11.5 Å². The molecule has 0 spiro atoms. The fourth-order valence-corrected chi connectivity index (χ4v) is 4.20. The average molecular weight is 507 g/mol. The van der Waals surface area contributed by atoms with Crippen molar-refractivity contribution in [1.82, 2.24) is 0 Å². The lowest BCUT2D eigenvalue weighted by atomic mass is 10.0. The molecule has 3 aromatic rings. The summed E-state index contributed by atoms with van der Waals surface area (Å²) < 4.78 is 49.7. The predicted octanol–water partition coefficient (Wildman–Crippen LogP) is 5.18. The normalized spacial score (nSPS) is 11.3. The lowest BCUT2D eigenvalue weighted by Crippen LogP contribution is -2.13. The summed E-state index contributed by atoms with van der Waals surface area (Å²) in [5.41, 5.74) is 1.80. The third-order valence-electron chi connectivity index (χ3n) is 5.02. The van der Waals surface area contributed by atoms with Gasteiger partial charge >= 0.3 is 10.1 Å². The van der Waals surface area contributed by atoms with Crippen LogP contribution in [0.1, 0.15) is 16.7 Å². The van der Waals surface area contributed by atoms with Gasteiger partial charge < -0.3 is 14.2 Å². The summed E-state index contributed by atoms with van der Waals surface area (Å²) in [6.07, 6.45) is 3.10. The Morgan fingerprint density at radius 3 is 2.39 bits per heavy atom. The van der Waals surface area contributed by atoms with E-state index < -0.39 is 21.8 Å². The Hall–Kier alpha value is -4.42. The van der Waals surface area contributed by atoms with Crippen LogP contribution < -0.4 is 14.2 Å². The minimum absolute atomic E-state index is 0.0205. The fraction of sp³-hybridized carbons (Fsp3) is 0.111. The highest BCUT2D eigenvalue weighted by atomic mass is 32.2. The van der Waals surface area contributed by atoms with E-state index in [1.54, 1.807) is 24.3 Å². The second-order valence-corrected chi connectivity index (χ2v) is 9.23. The lowest BCUT2D eigenvalue weighted by Gasteiger charge is -2.16. The van der Waals surface area contributed by atoms with Crippen LogP contribution in [-0.4, -0.2) is 21.4 Å². The van der Waals surface area contributed by atoms with Gasteiger partial charge in [-0.05, 0) is 73.5 Å². The van der Waals surface area contributed by atoms with Gasteiger partial charge in [0.05, 0.1) is 7.11 Å². The largest absolute Gasteiger partial charge is 0.493 e. The zero-order valence-electron chi connectivity index (χ0n) is 19.6. The van der Waals surface area contributed by atoms with Crippen LogP contribution in [0.2, 0.25) is 0 Å². The molecule has 0 heterocycles. The molecule has 184 valence electrons. The summed E-state index contributed by atoms with van der Waals surface area (Å²) in [6.45, 7) is 5.54. The number of halogens is 1. The monoisotopic (exact) mass is 506 g/mol. The first kappa shape index (κ1) is 26.2. The number of anilines is 1. The van der Waals surface area contributed by atoms with Crippen molar-refractivity contribution < 1.29 is 26.5 Å². The Labute approximate surface area is 209 Å². The van der Waals surface area contributed by atoms with Crippen LogP contribution in [0.3, 0.4) is 0 Å². The number of benzene rings is 3. The summed E-state index contributed by atoms with van der Waals surface area (Å²) >= 11 is 0. The van der Waals surface area contributed by atoms with E-state index >= 15 is 0 Å². The molecule has 0 unspecified atom stereocenters. The van der Waals surface area contributed by atoms with Gasteiger partial charge in [0.2, 0.25) is 0 Å². The third kappa shape index (κ3) is 6.37. The first-order chi connectivity index (χ1) is 17.2. The molecular weight excluding hydrogens is 483 g/mol. The Bertz CT molecular complexity index is 1460.